The van der Waals surface area contributed by atoms with Gasteiger partial charge in [-0.15, -0.1) is 0 Å². The van der Waals surface area contributed by atoms with Gasteiger partial charge in [-0.25, -0.2) is 0 Å². The molecule has 0 amide bonds. The SMILES string of the molecule is OC(c1ccc2c(c1)OCO2)C1CO1. The average molecular weight is 194 g/mol. The molecule has 74 valence electrons. The molecule has 2 unspecified atom stereocenters. The van der Waals surface area contributed by atoms with Crippen LogP contribution in [0.4, 0.5) is 0 Å². The van der Waals surface area contributed by atoms with Crippen LogP contribution in [0.2, 0.25) is 0 Å². The van der Waals surface area contributed by atoms with Gasteiger partial charge >= 0.3 is 0 Å². The van der Waals surface area contributed by atoms with Crippen LogP contribution in [0.3, 0.4) is 0 Å². The van der Waals surface area contributed by atoms with Gasteiger partial charge in [0.1, 0.15) is 12.2 Å². The lowest BCUT2D eigenvalue weighted by molar-refractivity contribution is 0.136. The highest BCUT2D eigenvalue weighted by Gasteiger charge is 2.33. The van der Waals surface area contributed by atoms with Crippen molar-refractivity contribution in [3.63, 3.8) is 0 Å². The Labute approximate surface area is 81.0 Å². The van der Waals surface area contributed by atoms with E-state index in [1.54, 1.807) is 6.07 Å². The van der Waals surface area contributed by atoms with Crippen molar-refractivity contribution in [3.05, 3.63) is 23.8 Å². The number of aliphatic hydroxyl groups excluding tert-OH is 1. The van der Waals surface area contributed by atoms with Gasteiger partial charge in [-0.3, -0.25) is 0 Å². The minimum Gasteiger partial charge on any atom is -0.454 e. The van der Waals surface area contributed by atoms with Crippen molar-refractivity contribution in [1.29, 1.82) is 0 Å². The summed E-state index contributed by atoms with van der Waals surface area (Å²) in [7, 11) is 0. The second kappa shape index (κ2) is 2.87. The maximum atomic E-state index is 9.77. The van der Waals surface area contributed by atoms with Gasteiger partial charge in [0.15, 0.2) is 11.5 Å². The number of epoxide rings is 1. The number of rotatable bonds is 2. The molecule has 1 N–H and O–H groups in total. The molecule has 1 aromatic carbocycles. The van der Waals surface area contributed by atoms with Crippen LogP contribution < -0.4 is 9.47 Å². The summed E-state index contributed by atoms with van der Waals surface area (Å²) in [6, 6.07) is 5.44. The Bertz CT molecular complexity index is 359. The minimum atomic E-state index is -0.551. The maximum absolute atomic E-state index is 9.77. The van der Waals surface area contributed by atoms with Crippen molar-refractivity contribution in [2.24, 2.45) is 0 Å². The third kappa shape index (κ3) is 1.23. The van der Waals surface area contributed by atoms with Gasteiger partial charge in [0.25, 0.3) is 0 Å². The van der Waals surface area contributed by atoms with Crippen LogP contribution in [0.5, 0.6) is 11.5 Å². The molecule has 0 spiro atoms. The lowest BCUT2D eigenvalue weighted by Gasteiger charge is -2.07. The first kappa shape index (κ1) is 8.08. The Hall–Kier alpha value is -1.26. The maximum Gasteiger partial charge on any atom is 0.231 e. The van der Waals surface area contributed by atoms with E-state index >= 15 is 0 Å². The Morgan fingerprint density at radius 2 is 2.07 bits per heavy atom. The third-order valence-corrected chi connectivity index (χ3v) is 2.45. The molecule has 0 radical (unpaired) electrons. The molecule has 1 fully saturated rings. The number of fused-ring (bicyclic) bond motifs is 1. The zero-order chi connectivity index (χ0) is 9.54. The van der Waals surface area contributed by atoms with E-state index in [1.807, 2.05) is 12.1 Å². The Morgan fingerprint density at radius 3 is 2.86 bits per heavy atom. The van der Waals surface area contributed by atoms with Crippen LogP contribution in [0.15, 0.2) is 18.2 Å². The number of hydrogen-bond acceptors (Lipinski definition) is 4. The van der Waals surface area contributed by atoms with Crippen molar-refractivity contribution < 1.29 is 19.3 Å². The van der Waals surface area contributed by atoms with Crippen molar-refractivity contribution in [2.45, 2.75) is 12.2 Å². The first-order chi connectivity index (χ1) is 6.84. The zero-order valence-electron chi connectivity index (χ0n) is 7.47. The van der Waals surface area contributed by atoms with Gasteiger partial charge in [-0.05, 0) is 17.7 Å². The molecule has 4 heteroatoms. The summed E-state index contributed by atoms with van der Waals surface area (Å²) in [6.07, 6.45) is -0.597. The number of benzene rings is 1. The van der Waals surface area contributed by atoms with Gasteiger partial charge in [-0.2, -0.15) is 0 Å². The van der Waals surface area contributed by atoms with Gasteiger partial charge in [0.2, 0.25) is 6.79 Å². The monoisotopic (exact) mass is 194 g/mol. The molecule has 1 aromatic rings. The number of hydrogen-bond donors (Lipinski definition) is 1. The van der Waals surface area contributed by atoms with E-state index in [2.05, 4.69) is 0 Å². The van der Waals surface area contributed by atoms with Crippen LogP contribution in [0, 0.1) is 0 Å². The molecule has 4 nitrogen and oxygen atoms in total. The molecule has 3 rings (SSSR count). The lowest BCUT2D eigenvalue weighted by atomic mass is 10.1. The molecule has 1 saturated heterocycles. The molecule has 0 aliphatic carbocycles. The first-order valence-corrected chi connectivity index (χ1v) is 4.54. The molecule has 0 aromatic heterocycles. The Balaban J connectivity index is 1.91. The van der Waals surface area contributed by atoms with Crippen molar-refractivity contribution in [3.8, 4) is 11.5 Å². The van der Waals surface area contributed by atoms with Crippen molar-refractivity contribution in [1.82, 2.24) is 0 Å². The Morgan fingerprint density at radius 1 is 1.29 bits per heavy atom. The molecule has 0 saturated carbocycles. The van der Waals surface area contributed by atoms with E-state index in [9.17, 15) is 5.11 Å². The average Bonchev–Trinajstić information content (AvgIpc) is 2.95. The highest BCUT2D eigenvalue weighted by atomic mass is 16.7. The second-order valence-corrected chi connectivity index (χ2v) is 3.43. The van der Waals surface area contributed by atoms with E-state index in [-0.39, 0.29) is 12.9 Å². The van der Waals surface area contributed by atoms with E-state index in [1.165, 1.54) is 0 Å². The first-order valence-electron chi connectivity index (χ1n) is 4.54. The van der Waals surface area contributed by atoms with Crippen LogP contribution in [-0.2, 0) is 4.74 Å². The minimum absolute atomic E-state index is 0.0460. The summed E-state index contributed by atoms with van der Waals surface area (Å²) >= 11 is 0. The molecule has 14 heavy (non-hydrogen) atoms. The van der Waals surface area contributed by atoms with Gasteiger partial charge in [0, 0.05) is 0 Å². The summed E-state index contributed by atoms with van der Waals surface area (Å²) in [5.41, 5.74) is 0.816. The lowest BCUT2D eigenvalue weighted by Crippen LogP contribution is -2.04. The largest absolute Gasteiger partial charge is 0.454 e. The highest BCUT2D eigenvalue weighted by Crippen LogP contribution is 2.36. The fraction of sp³-hybridized carbons (Fsp3) is 0.400. The van der Waals surface area contributed by atoms with Gasteiger partial charge in [-0.1, -0.05) is 6.07 Å². The molecule has 2 heterocycles. The van der Waals surface area contributed by atoms with E-state index in [0.717, 1.165) is 11.3 Å². The summed E-state index contributed by atoms with van der Waals surface area (Å²) in [6.45, 7) is 0.893. The van der Waals surface area contributed by atoms with E-state index < -0.39 is 6.10 Å². The predicted octanol–water partition coefficient (Wildman–Crippen LogP) is 0.847. The zero-order valence-corrected chi connectivity index (χ0v) is 7.47. The standard InChI is InChI=1S/C10H10O4/c11-10(9-4-12-9)6-1-2-7-8(3-6)14-5-13-7/h1-3,9-11H,4-5H2. The summed E-state index contributed by atoms with van der Waals surface area (Å²) in [4.78, 5) is 0. The summed E-state index contributed by atoms with van der Waals surface area (Å²) in [5.74, 6) is 1.43. The normalized spacial score (nSPS) is 24.8. The smallest absolute Gasteiger partial charge is 0.231 e. The number of ether oxygens (including phenoxy) is 3. The number of aliphatic hydroxyl groups is 1. The van der Waals surface area contributed by atoms with Crippen molar-refractivity contribution >= 4 is 0 Å². The van der Waals surface area contributed by atoms with Gasteiger partial charge in [0.05, 0.1) is 6.61 Å². The molecule has 2 aliphatic heterocycles. The summed E-state index contributed by atoms with van der Waals surface area (Å²) < 4.78 is 15.4. The van der Waals surface area contributed by atoms with Crippen LogP contribution >= 0.6 is 0 Å². The third-order valence-electron chi connectivity index (χ3n) is 2.45. The Kier molecular flexibility index (Phi) is 1.65. The second-order valence-electron chi connectivity index (χ2n) is 3.43. The van der Waals surface area contributed by atoms with E-state index in [0.29, 0.717) is 12.4 Å². The fourth-order valence-electron chi connectivity index (χ4n) is 1.55. The highest BCUT2D eigenvalue weighted by molar-refractivity contribution is 5.45. The molecule has 2 aliphatic rings. The molecular weight excluding hydrogens is 184 g/mol. The van der Waals surface area contributed by atoms with E-state index in [4.69, 9.17) is 14.2 Å². The summed E-state index contributed by atoms with van der Waals surface area (Å²) in [5, 5.41) is 9.77. The van der Waals surface area contributed by atoms with Crippen LogP contribution in [0.1, 0.15) is 11.7 Å². The molecule has 2 atom stereocenters. The quantitative estimate of drug-likeness (QED) is 0.709. The van der Waals surface area contributed by atoms with Crippen LogP contribution in [0.25, 0.3) is 0 Å². The fourth-order valence-corrected chi connectivity index (χ4v) is 1.55. The predicted molar refractivity (Wildman–Crippen MR) is 47.3 cm³/mol. The molecular formula is C10H10O4. The van der Waals surface area contributed by atoms with Gasteiger partial charge < -0.3 is 19.3 Å². The molecule has 0 bridgehead atoms. The van der Waals surface area contributed by atoms with Crippen molar-refractivity contribution in [2.75, 3.05) is 13.4 Å². The topological polar surface area (TPSA) is 51.2 Å². The van der Waals surface area contributed by atoms with Crippen LogP contribution in [-0.4, -0.2) is 24.6 Å².